The predicted octanol–water partition coefficient (Wildman–Crippen LogP) is 6.81. The van der Waals surface area contributed by atoms with Crippen molar-refractivity contribution in [2.45, 2.75) is 27.2 Å². The largest absolute Gasteiger partial charge is 0.338 e. The molecule has 6 rings (SSSR count). The molecule has 0 atom stereocenters. The van der Waals surface area contributed by atoms with Gasteiger partial charge in [0.1, 0.15) is 5.65 Å². The first kappa shape index (κ1) is 23.9. The number of halogens is 1. The Kier molecular flexibility index (Phi) is 5.76. The predicted molar refractivity (Wildman–Crippen MR) is 148 cm³/mol. The second kappa shape index (κ2) is 9.14. The van der Waals surface area contributed by atoms with E-state index in [1.54, 1.807) is 30.9 Å². The van der Waals surface area contributed by atoms with Gasteiger partial charge in [-0.25, -0.2) is 9.97 Å². The maximum atomic E-state index is 13.7. The van der Waals surface area contributed by atoms with Gasteiger partial charge in [-0.1, -0.05) is 20.8 Å². The molecule has 0 bridgehead atoms. The molecule has 0 unspecified atom stereocenters. The second-order valence-electron chi connectivity index (χ2n) is 10.3. The number of carbonyl (C=O) groups is 1. The Labute approximate surface area is 221 Å². The number of aromatic nitrogens is 6. The van der Waals surface area contributed by atoms with E-state index in [4.69, 9.17) is 0 Å². The summed E-state index contributed by atoms with van der Waals surface area (Å²) in [4.78, 5) is 29.9. The first-order valence-electron chi connectivity index (χ1n) is 12.1. The van der Waals surface area contributed by atoms with Gasteiger partial charge in [0.25, 0.3) is 0 Å². The fraction of sp³-hybridized carbons (Fsp3) is 0.179. The van der Waals surface area contributed by atoms with Crippen molar-refractivity contribution in [3.05, 3.63) is 66.3 Å². The summed E-state index contributed by atoms with van der Waals surface area (Å²) >= 11 is 1.10. The Bertz CT molecular complexity index is 1810. The fourth-order valence-corrected chi connectivity index (χ4v) is 5.22. The lowest BCUT2D eigenvalue weighted by atomic mass is 9.92. The van der Waals surface area contributed by atoms with Crippen LogP contribution in [0, 0.1) is 10.5 Å². The van der Waals surface area contributed by atoms with Crippen LogP contribution >= 0.6 is 11.3 Å². The second-order valence-corrected chi connectivity index (χ2v) is 11.4. The van der Waals surface area contributed by atoms with Crippen LogP contribution in [0.1, 0.15) is 27.2 Å². The van der Waals surface area contributed by atoms with Crippen molar-refractivity contribution in [2.24, 2.45) is 5.41 Å². The molecule has 0 spiro atoms. The quantitative estimate of drug-likeness (QED) is 0.229. The Morgan fingerprint density at radius 1 is 1.03 bits per heavy atom. The third kappa shape index (κ3) is 4.66. The van der Waals surface area contributed by atoms with Gasteiger partial charge >= 0.3 is 0 Å². The third-order valence-corrected chi connectivity index (χ3v) is 7.00. The summed E-state index contributed by atoms with van der Waals surface area (Å²) in [7, 11) is 0. The van der Waals surface area contributed by atoms with Crippen molar-refractivity contribution in [3.8, 4) is 33.0 Å². The number of amides is 1. The van der Waals surface area contributed by atoms with E-state index >= 15 is 0 Å². The Balaban J connectivity index is 1.36. The maximum absolute atomic E-state index is 13.7. The number of pyridine rings is 3. The minimum atomic E-state index is -0.230. The van der Waals surface area contributed by atoms with Crippen molar-refractivity contribution < 1.29 is 9.18 Å². The Hall–Kier alpha value is -4.44. The highest BCUT2D eigenvalue weighted by atomic mass is 32.1. The molecule has 0 fully saturated rings. The molecule has 8 nitrogen and oxygen atoms in total. The van der Waals surface area contributed by atoms with Crippen LogP contribution in [0.2, 0.25) is 0 Å². The molecule has 6 aromatic rings. The molecule has 10 heteroatoms. The zero-order valence-electron chi connectivity index (χ0n) is 21.0. The lowest BCUT2D eigenvalue weighted by Crippen LogP contribution is -2.19. The molecule has 0 aliphatic rings. The number of nitrogens with one attached hydrogen (secondary N) is 3. The van der Waals surface area contributed by atoms with Crippen molar-refractivity contribution in [1.82, 2.24) is 30.1 Å². The van der Waals surface area contributed by atoms with Crippen molar-refractivity contribution >= 4 is 45.0 Å². The molecule has 190 valence electrons. The molecule has 0 aliphatic heterocycles. The molecule has 3 N–H and O–H groups in total. The number of carbonyl (C=O) groups excluding carboxylic acids is 1. The molecular weight excluding hydrogens is 501 g/mol. The Morgan fingerprint density at radius 2 is 1.87 bits per heavy atom. The average Bonchev–Trinajstić information content (AvgIpc) is 3.60. The highest BCUT2D eigenvalue weighted by Crippen LogP contribution is 2.36. The zero-order valence-corrected chi connectivity index (χ0v) is 21.8. The molecule has 6 heterocycles. The van der Waals surface area contributed by atoms with Gasteiger partial charge in [-0.05, 0) is 41.8 Å². The van der Waals surface area contributed by atoms with Crippen LogP contribution in [-0.2, 0) is 4.79 Å². The van der Waals surface area contributed by atoms with Gasteiger partial charge < -0.3 is 10.3 Å². The van der Waals surface area contributed by atoms with Crippen LogP contribution in [0.4, 0.5) is 10.1 Å². The maximum Gasteiger partial charge on any atom is 0.224 e. The fourth-order valence-electron chi connectivity index (χ4n) is 4.45. The topological polar surface area (TPSA) is 112 Å². The molecule has 38 heavy (non-hydrogen) atoms. The summed E-state index contributed by atoms with van der Waals surface area (Å²) in [6.07, 6.45) is 7.22. The number of nitrogens with zero attached hydrogens (tertiary/aromatic N) is 4. The van der Waals surface area contributed by atoms with Crippen LogP contribution < -0.4 is 5.32 Å². The molecule has 0 saturated carbocycles. The van der Waals surface area contributed by atoms with Gasteiger partial charge in [-0.15, -0.1) is 11.3 Å². The van der Waals surface area contributed by atoms with Crippen molar-refractivity contribution in [2.75, 3.05) is 5.32 Å². The summed E-state index contributed by atoms with van der Waals surface area (Å²) < 4.78 is 13.7. The van der Waals surface area contributed by atoms with Gasteiger partial charge in [0.15, 0.2) is 10.8 Å². The van der Waals surface area contributed by atoms with Gasteiger partial charge in [0, 0.05) is 57.4 Å². The van der Waals surface area contributed by atoms with E-state index in [2.05, 4.69) is 35.5 Å². The number of rotatable bonds is 5. The van der Waals surface area contributed by atoms with E-state index in [1.165, 1.54) is 6.07 Å². The standard InChI is InChI=1S/C28H24FN7OS/c1-28(2,3)11-24(37)33-17-8-15(12-30-14-17)16-9-20-25(35-36-27(20)32-13-16)21-10-19-18(6-7-31-26(19)34-21)22-4-5-23(29)38-22/h4-10,12-14H,11H2,1-3H3,(H,31,34)(H,33,37)(H,32,35,36). The van der Waals surface area contributed by atoms with E-state index < -0.39 is 0 Å². The third-order valence-electron chi connectivity index (χ3n) is 6.10. The van der Waals surface area contributed by atoms with Gasteiger partial charge in [0.05, 0.1) is 23.3 Å². The number of hydrogen-bond donors (Lipinski definition) is 3. The van der Waals surface area contributed by atoms with E-state index in [9.17, 15) is 9.18 Å². The van der Waals surface area contributed by atoms with Gasteiger partial charge in [-0.2, -0.15) is 9.49 Å². The van der Waals surface area contributed by atoms with Gasteiger partial charge in [0.2, 0.25) is 5.91 Å². The molecule has 6 aromatic heterocycles. The summed E-state index contributed by atoms with van der Waals surface area (Å²) in [6, 6.07) is 11.0. The van der Waals surface area contributed by atoms with E-state index in [1.807, 2.05) is 45.0 Å². The number of aromatic amines is 2. The van der Waals surface area contributed by atoms with E-state index in [0.29, 0.717) is 23.4 Å². The zero-order chi connectivity index (χ0) is 26.4. The summed E-state index contributed by atoms with van der Waals surface area (Å²) in [6.45, 7) is 6.07. The van der Waals surface area contributed by atoms with Crippen LogP contribution in [0.5, 0.6) is 0 Å². The normalized spacial score (nSPS) is 11.9. The minimum absolute atomic E-state index is 0.0563. The molecule has 0 aromatic carbocycles. The first-order chi connectivity index (χ1) is 18.2. The number of H-pyrrole nitrogens is 2. The first-order valence-corrected chi connectivity index (χ1v) is 12.9. The molecule has 1 amide bonds. The van der Waals surface area contributed by atoms with Crippen LogP contribution in [0.25, 0.3) is 55.0 Å². The van der Waals surface area contributed by atoms with Crippen molar-refractivity contribution in [3.63, 3.8) is 0 Å². The minimum Gasteiger partial charge on any atom is -0.338 e. The number of fused-ring (bicyclic) bond motifs is 2. The average molecular weight is 526 g/mol. The van der Waals surface area contributed by atoms with Crippen LogP contribution in [-0.4, -0.2) is 36.0 Å². The highest BCUT2D eigenvalue weighted by Gasteiger charge is 2.18. The van der Waals surface area contributed by atoms with E-state index in [0.717, 1.165) is 55.1 Å². The molecule has 0 aliphatic carbocycles. The monoisotopic (exact) mass is 525 g/mol. The molecule has 0 radical (unpaired) electrons. The summed E-state index contributed by atoms with van der Waals surface area (Å²) in [5.41, 5.74) is 5.90. The summed E-state index contributed by atoms with van der Waals surface area (Å²) in [5.74, 6) is -0.0563. The number of thiophene rings is 1. The smallest absolute Gasteiger partial charge is 0.224 e. The summed E-state index contributed by atoms with van der Waals surface area (Å²) in [5, 5.41) is 11.9. The number of anilines is 1. The molecule has 0 saturated heterocycles. The lowest BCUT2D eigenvalue weighted by molar-refractivity contribution is -0.117. The van der Waals surface area contributed by atoms with Gasteiger partial charge in [-0.3, -0.25) is 14.9 Å². The highest BCUT2D eigenvalue weighted by molar-refractivity contribution is 7.14. The molecular formula is C28H24FN7OS. The van der Waals surface area contributed by atoms with E-state index in [-0.39, 0.29) is 16.5 Å². The van der Waals surface area contributed by atoms with Crippen LogP contribution in [0.15, 0.2) is 61.2 Å². The number of hydrogen-bond acceptors (Lipinski definition) is 6. The Morgan fingerprint density at radius 3 is 2.66 bits per heavy atom. The van der Waals surface area contributed by atoms with Crippen LogP contribution in [0.3, 0.4) is 0 Å². The lowest BCUT2D eigenvalue weighted by Gasteiger charge is -2.17. The SMILES string of the molecule is CC(C)(C)CC(=O)Nc1cncc(-c2cnc3n[nH]c(-c4cc5c(-c6ccc(F)s6)ccnc5[nH]4)c3c2)c1. The van der Waals surface area contributed by atoms with Crippen molar-refractivity contribution in [1.29, 1.82) is 0 Å².